The highest BCUT2D eigenvalue weighted by Crippen LogP contribution is 2.22. The van der Waals surface area contributed by atoms with Crippen LogP contribution >= 0.6 is 0 Å². The Kier molecular flexibility index (Phi) is 5.21. The van der Waals surface area contributed by atoms with Gasteiger partial charge in [-0.25, -0.2) is 0 Å². The van der Waals surface area contributed by atoms with Crippen molar-refractivity contribution in [3.8, 4) is 0 Å². The van der Waals surface area contributed by atoms with Gasteiger partial charge in [0.05, 0.1) is 0 Å². The van der Waals surface area contributed by atoms with E-state index in [9.17, 15) is 0 Å². The van der Waals surface area contributed by atoms with Crippen LogP contribution in [0.25, 0.3) is 0 Å². The molecule has 2 heteroatoms. The molecular formula is C16H28N2. The summed E-state index contributed by atoms with van der Waals surface area (Å²) in [5.41, 5.74) is 2.90. The lowest BCUT2D eigenvalue weighted by Crippen LogP contribution is -2.47. The predicted octanol–water partition coefficient (Wildman–Crippen LogP) is 3.46. The van der Waals surface area contributed by atoms with Crippen LogP contribution in [0.5, 0.6) is 0 Å². The first-order chi connectivity index (χ1) is 8.38. The minimum absolute atomic E-state index is 0.271. The van der Waals surface area contributed by atoms with E-state index >= 15 is 0 Å². The number of aryl methyl sites for hydroxylation is 1. The zero-order valence-electron chi connectivity index (χ0n) is 12.7. The second-order valence-corrected chi connectivity index (χ2v) is 6.08. The molecule has 2 nitrogen and oxygen atoms in total. The van der Waals surface area contributed by atoms with E-state index in [1.165, 1.54) is 11.3 Å². The third-order valence-corrected chi connectivity index (χ3v) is 3.58. The van der Waals surface area contributed by atoms with E-state index in [0.29, 0.717) is 6.04 Å². The van der Waals surface area contributed by atoms with Gasteiger partial charge in [0.15, 0.2) is 0 Å². The summed E-state index contributed by atoms with van der Waals surface area (Å²) in [6, 6.07) is 9.29. The van der Waals surface area contributed by atoms with Crippen molar-refractivity contribution in [1.29, 1.82) is 0 Å². The van der Waals surface area contributed by atoms with Gasteiger partial charge in [-0.15, -0.1) is 0 Å². The second-order valence-electron chi connectivity index (χ2n) is 6.08. The fourth-order valence-electron chi connectivity index (χ4n) is 2.19. The fraction of sp³-hybridized carbons (Fsp3) is 0.625. The quantitative estimate of drug-likeness (QED) is 0.858. The standard InChI is InChI=1S/C16H28N2/c1-7-18(12-15(17-6)16(3,4)5)14-10-8-13(2)9-11-14/h8-11,15,17H,7,12H2,1-6H3. The summed E-state index contributed by atoms with van der Waals surface area (Å²) < 4.78 is 0. The summed E-state index contributed by atoms with van der Waals surface area (Å²) >= 11 is 0. The summed E-state index contributed by atoms with van der Waals surface area (Å²) in [6.45, 7) is 13.3. The number of nitrogens with one attached hydrogen (secondary N) is 1. The van der Waals surface area contributed by atoms with Crippen LogP contribution in [0.15, 0.2) is 24.3 Å². The van der Waals surface area contributed by atoms with Gasteiger partial charge in [0.25, 0.3) is 0 Å². The van der Waals surface area contributed by atoms with Crippen molar-refractivity contribution in [2.45, 2.75) is 40.7 Å². The lowest BCUT2D eigenvalue weighted by molar-refractivity contribution is 0.283. The molecule has 0 fully saturated rings. The zero-order chi connectivity index (χ0) is 13.8. The van der Waals surface area contributed by atoms with E-state index in [1.54, 1.807) is 0 Å². The van der Waals surface area contributed by atoms with Crippen LogP contribution in [0.1, 0.15) is 33.3 Å². The Labute approximate surface area is 112 Å². The number of nitrogens with zero attached hydrogens (tertiary/aromatic N) is 1. The van der Waals surface area contributed by atoms with Gasteiger partial charge < -0.3 is 10.2 Å². The van der Waals surface area contributed by atoms with Crippen LogP contribution in [0, 0.1) is 12.3 Å². The molecule has 102 valence electrons. The molecule has 18 heavy (non-hydrogen) atoms. The summed E-state index contributed by atoms with van der Waals surface area (Å²) in [7, 11) is 2.05. The smallest absolute Gasteiger partial charge is 0.0366 e. The van der Waals surface area contributed by atoms with E-state index < -0.39 is 0 Å². The van der Waals surface area contributed by atoms with E-state index in [0.717, 1.165) is 13.1 Å². The molecular weight excluding hydrogens is 220 g/mol. The minimum atomic E-state index is 0.271. The molecule has 1 aromatic carbocycles. The van der Waals surface area contributed by atoms with Crippen LogP contribution in [-0.2, 0) is 0 Å². The average molecular weight is 248 g/mol. The molecule has 0 radical (unpaired) electrons. The molecule has 0 heterocycles. The number of rotatable bonds is 5. The highest BCUT2D eigenvalue weighted by atomic mass is 15.1. The van der Waals surface area contributed by atoms with Crippen molar-refractivity contribution < 1.29 is 0 Å². The highest BCUT2D eigenvalue weighted by molar-refractivity contribution is 5.47. The van der Waals surface area contributed by atoms with Crippen LogP contribution in [-0.4, -0.2) is 26.2 Å². The van der Waals surface area contributed by atoms with E-state index in [2.05, 4.69) is 76.1 Å². The SMILES string of the molecule is CCN(CC(NC)C(C)(C)C)c1ccc(C)cc1. The molecule has 1 aromatic rings. The predicted molar refractivity (Wildman–Crippen MR) is 81.4 cm³/mol. The second kappa shape index (κ2) is 6.24. The van der Waals surface area contributed by atoms with E-state index in [-0.39, 0.29) is 5.41 Å². The summed E-state index contributed by atoms with van der Waals surface area (Å²) in [4.78, 5) is 2.44. The maximum atomic E-state index is 3.45. The van der Waals surface area contributed by atoms with E-state index in [4.69, 9.17) is 0 Å². The van der Waals surface area contributed by atoms with Crippen molar-refractivity contribution in [3.05, 3.63) is 29.8 Å². The molecule has 0 saturated heterocycles. The number of hydrogen-bond donors (Lipinski definition) is 1. The Morgan fingerprint density at radius 3 is 2.11 bits per heavy atom. The first kappa shape index (κ1) is 15.0. The molecule has 1 rings (SSSR count). The highest BCUT2D eigenvalue weighted by Gasteiger charge is 2.24. The van der Waals surface area contributed by atoms with Gasteiger partial charge in [-0.1, -0.05) is 38.5 Å². The number of anilines is 1. The molecule has 0 aromatic heterocycles. The first-order valence-electron chi connectivity index (χ1n) is 6.87. The number of benzene rings is 1. The van der Waals surface area contributed by atoms with Crippen molar-refractivity contribution in [2.75, 3.05) is 25.0 Å². The van der Waals surface area contributed by atoms with Crippen LogP contribution in [0.3, 0.4) is 0 Å². The van der Waals surface area contributed by atoms with Gasteiger partial charge >= 0.3 is 0 Å². The van der Waals surface area contributed by atoms with Gasteiger partial charge in [0, 0.05) is 24.8 Å². The largest absolute Gasteiger partial charge is 0.370 e. The molecule has 0 aliphatic heterocycles. The molecule has 1 atom stereocenters. The molecule has 1 unspecified atom stereocenters. The Bertz CT molecular complexity index is 348. The molecule has 0 saturated carbocycles. The van der Waals surface area contributed by atoms with Gasteiger partial charge in [-0.3, -0.25) is 0 Å². The minimum Gasteiger partial charge on any atom is -0.370 e. The van der Waals surface area contributed by atoms with Crippen LogP contribution in [0.4, 0.5) is 5.69 Å². The van der Waals surface area contributed by atoms with Crippen molar-refractivity contribution in [2.24, 2.45) is 5.41 Å². The summed E-state index contributed by atoms with van der Waals surface area (Å²) in [6.07, 6.45) is 0. The Morgan fingerprint density at radius 1 is 1.17 bits per heavy atom. The monoisotopic (exact) mass is 248 g/mol. The van der Waals surface area contributed by atoms with Gasteiger partial charge in [-0.05, 0) is 38.4 Å². The number of hydrogen-bond acceptors (Lipinski definition) is 2. The van der Waals surface area contributed by atoms with Crippen LogP contribution < -0.4 is 10.2 Å². The van der Waals surface area contributed by atoms with Crippen LogP contribution in [0.2, 0.25) is 0 Å². The summed E-state index contributed by atoms with van der Waals surface area (Å²) in [5.74, 6) is 0. The molecule has 0 spiro atoms. The topological polar surface area (TPSA) is 15.3 Å². The van der Waals surface area contributed by atoms with Gasteiger partial charge in [-0.2, -0.15) is 0 Å². The van der Waals surface area contributed by atoms with Crippen molar-refractivity contribution in [3.63, 3.8) is 0 Å². The number of likely N-dealkylation sites (N-methyl/N-ethyl adjacent to an activating group) is 2. The average Bonchev–Trinajstić information content (AvgIpc) is 2.30. The Morgan fingerprint density at radius 2 is 1.72 bits per heavy atom. The lowest BCUT2D eigenvalue weighted by Gasteiger charge is -2.36. The molecule has 0 aliphatic rings. The van der Waals surface area contributed by atoms with Gasteiger partial charge in [0.2, 0.25) is 0 Å². The third-order valence-electron chi connectivity index (χ3n) is 3.58. The Balaban J connectivity index is 2.81. The zero-order valence-corrected chi connectivity index (χ0v) is 12.7. The van der Waals surface area contributed by atoms with Crippen molar-refractivity contribution in [1.82, 2.24) is 5.32 Å². The lowest BCUT2D eigenvalue weighted by atomic mass is 9.86. The maximum absolute atomic E-state index is 3.45. The molecule has 0 amide bonds. The third kappa shape index (κ3) is 4.02. The first-order valence-corrected chi connectivity index (χ1v) is 6.87. The molecule has 1 N–H and O–H groups in total. The fourth-order valence-corrected chi connectivity index (χ4v) is 2.19. The molecule has 0 aliphatic carbocycles. The normalized spacial score (nSPS) is 13.4. The summed E-state index contributed by atoms with van der Waals surface area (Å²) in [5, 5.41) is 3.45. The maximum Gasteiger partial charge on any atom is 0.0366 e. The van der Waals surface area contributed by atoms with E-state index in [1.807, 2.05) is 0 Å². The van der Waals surface area contributed by atoms with Crippen molar-refractivity contribution >= 4 is 5.69 Å². The Hall–Kier alpha value is -1.02. The molecule has 0 bridgehead atoms. The van der Waals surface area contributed by atoms with Gasteiger partial charge in [0.1, 0.15) is 0 Å².